The number of carbonyl (C=O) groups is 1. The molecule has 0 bridgehead atoms. The summed E-state index contributed by atoms with van der Waals surface area (Å²) in [5.41, 5.74) is 8.80. The van der Waals surface area contributed by atoms with Crippen molar-refractivity contribution in [2.24, 2.45) is 5.92 Å². The minimum absolute atomic E-state index is 0.196. The second kappa shape index (κ2) is 7.88. The van der Waals surface area contributed by atoms with Gasteiger partial charge in [0.1, 0.15) is 11.6 Å². The molecule has 1 aromatic carbocycles. The van der Waals surface area contributed by atoms with Crippen LogP contribution in [-0.2, 0) is 4.79 Å². The van der Waals surface area contributed by atoms with Crippen molar-refractivity contribution in [3.63, 3.8) is 0 Å². The molecule has 1 saturated carbocycles. The number of aryl methyl sites for hydroxylation is 1. The summed E-state index contributed by atoms with van der Waals surface area (Å²) in [6, 6.07) is 7.17. The van der Waals surface area contributed by atoms with Crippen LogP contribution in [-0.4, -0.2) is 54.4 Å². The lowest BCUT2D eigenvalue weighted by Crippen LogP contribution is -2.38. The van der Waals surface area contributed by atoms with Crippen LogP contribution in [0.25, 0.3) is 11.2 Å². The molecule has 1 fully saturated rings. The Kier molecular flexibility index (Phi) is 5.27. The molecule has 0 radical (unpaired) electrons. The lowest BCUT2D eigenvalue weighted by atomic mass is 10.0. The first-order chi connectivity index (χ1) is 14.4. The van der Waals surface area contributed by atoms with Crippen molar-refractivity contribution < 1.29 is 15.0 Å². The van der Waals surface area contributed by atoms with Crippen molar-refractivity contribution in [2.75, 3.05) is 17.6 Å². The number of nitrogens with one attached hydrogen (secondary N) is 2. The smallest absolute Gasteiger partial charge is 0.231 e. The van der Waals surface area contributed by atoms with Crippen molar-refractivity contribution in [1.29, 1.82) is 0 Å². The number of amides is 1. The maximum absolute atomic E-state index is 12.3. The van der Waals surface area contributed by atoms with Crippen LogP contribution in [0, 0.1) is 12.8 Å². The first-order valence-corrected chi connectivity index (χ1v) is 9.86. The van der Waals surface area contributed by atoms with Gasteiger partial charge in [-0.25, -0.2) is 4.98 Å². The van der Waals surface area contributed by atoms with Gasteiger partial charge in [-0.15, -0.1) is 0 Å². The summed E-state index contributed by atoms with van der Waals surface area (Å²) in [5, 5.41) is 26.9. The predicted molar refractivity (Wildman–Crippen MR) is 112 cm³/mol. The zero-order chi connectivity index (χ0) is 21.4. The highest BCUT2D eigenvalue weighted by Crippen LogP contribution is 2.37. The zero-order valence-electron chi connectivity index (χ0n) is 16.8. The van der Waals surface area contributed by atoms with Gasteiger partial charge in [-0.2, -0.15) is 9.97 Å². The Hall–Kier alpha value is -3.24. The SMILES string of the molecule is CCNC(=O)[C@H]1C[C@@H](n2cnc3c(N)nc(Nc4cccc(C)c4)nc32)[C@H](O)[C@@H]1O. The number of aliphatic hydroxyl groups is 2. The quantitative estimate of drug-likeness (QED) is 0.415. The van der Waals surface area contributed by atoms with Crippen molar-refractivity contribution in [1.82, 2.24) is 24.8 Å². The van der Waals surface area contributed by atoms with Gasteiger partial charge in [0.2, 0.25) is 11.9 Å². The molecule has 158 valence electrons. The number of nitrogens with two attached hydrogens (primary N) is 1. The van der Waals surface area contributed by atoms with Gasteiger partial charge in [0.25, 0.3) is 0 Å². The van der Waals surface area contributed by atoms with E-state index in [0.29, 0.717) is 23.7 Å². The summed E-state index contributed by atoms with van der Waals surface area (Å²) < 4.78 is 1.65. The van der Waals surface area contributed by atoms with Crippen molar-refractivity contribution in [2.45, 2.75) is 38.5 Å². The Labute approximate surface area is 173 Å². The Morgan fingerprint density at radius 2 is 2.10 bits per heavy atom. The number of benzene rings is 1. The van der Waals surface area contributed by atoms with E-state index in [1.807, 2.05) is 31.2 Å². The number of fused-ring (bicyclic) bond motifs is 1. The average molecular weight is 411 g/mol. The fourth-order valence-corrected chi connectivity index (χ4v) is 3.94. The Balaban J connectivity index is 1.68. The second-order valence-electron chi connectivity index (χ2n) is 7.54. The van der Waals surface area contributed by atoms with E-state index in [2.05, 4.69) is 25.6 Å². The van der Waals surface area contributed by atoms with Gasteiger partial charge in [0.15, 0.2) is 11.5 Å². The van der Waals surface area contributed by atoms with E-state index >= 15 is 0 Å². The van der Waals surface area contributed by atoms with Crippen LogP contribution < -0.4 is 16.4 Å². The molecule has 1 amide bonds. The summed E-state index contributed by atoms with van der Waals surface area (Å²) in [4.78, 5) is 25.3. The first kappa shape index (κ1) is 20.0. The monoisotopic (exact) mass is 411 g/mol. The molecule has 30 heavy (non-hydrogen) atoms. The van der Waals surface area contributed by atoms with Gasteiger partial charge in [0.05, 0.1) is 24.4 Å². The lowest BCUT2D eigenvalue weighted by molar-refractivity contribution is -0.128. The van der Waals surface area contributed by atoms with E-state index in [9.17, 15) is 15.0 Å². The Morgan fingerprint density at radius 1 is 1.30 bits per heavy atom. The summed E-state index contributed by atoms with van der Waals surface area (Å²) in [6.45, 7) is 4.24. The molecule has 1 aliphatic rings. The number of aliphatic hydroxyl groups excluding tert-OH is 2. The molecular weight excluding hydrogens is 386 g/mol. The predicted octanol–water partition coefficient (Wildman–Crippen LogP) is 0.879. The number of nitrogens with zero attached hydrogens (tertiary/aromatic N) is 4. The average Bonchev–Trinajstić information content (AvgIpc) is 3.24. The van der Waals surface area contributed by atoms with Crippen LogP contribution in [0.2, 0.25) is 0 Å². The minimum Gasteiger partial charge on any atom is -0.390 e. The fourth-order valence-electron chi connectivity index (χ4n) is 3.94. The van der Waals surface area contributed by atoms with E-state index in [0.717, 1.165) is 11.3 Å². The third kappa shape index (κ3) is 3.55. The van der Waals surface area contributed by atoms with Crippen molar-refractivity contribution in [3.05, 3.63) is 36.2 Å². The minimum atomic E-state index is -1.18. The highest BCUT2D eigenvalue weighted by Gasteiger charge is 2.46. The lowest BCUT2D eigenvalue weighted by Gasteiger charge is -2.18. The van der Waals surface area contributed by atoms with Crippen LogP contribution in [0.4, 0.5) is 17.5 Å². The maximum atomic E-state index is 12.3. The summed E-state index contributed by atoms with van der Waals surface area (Å²) >= 11 is 0. The number of rotatable bonds is 5. The molecule has 4 rings (SSSR count). The van der Waals surface area contributed by atoms with Crippen LogP contribution in [0.15, 0.2) is 30.6 Å². The van der Waals surface area contributed by atoms with Gasteiger partial charge in [0, 0.05) is 12.2 Å². The Morgan fingerprint density at radius 3 is 2.83 bits per heavy atom. The summed E-state index contributed by atoms with van der Waals surface area (Å²) in [7, 11) is 0. The fraction of sp³-hybridized carbons (Fsp3) is 0.400. The molecule has 0 spiro atoms. The van der Waals surface area contributed by atoms with E-state index in [-0.39, 0.29) is 18.1 Å². The molecule has 1 aliphatic carbocycles. The number of aromatic nitrogens is 4. The number of hydrogen-bond acceptors (Lipinski definition) is 8. The normalized spacial score (nSPS) is 23.6. The van der Waals surface area contributed by atoms with E-state index in [4.69, 9.17) is 5.73 Å². The zero-order valence-corrected chi connectivity index (χ0v) is 16.8. The number of carbonyl (C=O) groups excluding carboxylic acids is 1. The molecule has 0 saturated heterocycles. The van der Waals surface area contributed by atoms with Crippen LogP contribution >= 0.6 is 0 Å². The van der Waals surface area contributed by atoms with Crippen LogP contribution in [0.5, 0.6) is 0 Å². The third-order valence-electron chi connectivity index (χ3n) is 5.42. The maximum Gasteiger partial charge on any atom is 0.231 e. The molecule has 0 aliphatic heterocycles. The molecule has 6 N–H and O–H groups in total. The van der Waals surface area contributed by atoms with Crippen molar-refractivity contribution >= 4 is 34.5 Å². The second-order valence-corrected chi connectivity index (χ2v) is 7.54. The van der Waals surface area contributed by atoms with E-state index in [1.165, 1.54) is 6.33 Å². The van der Waals surface area contributed by atoms with E-state index in [1.54, 1.807) is 11.5 Å². The molecule has 2 aromatic heterocycles. The van der Waals surface area contributed by atoms with Gasteiger partial charge >= 0.3 is 0 Å². The number of imidazole rings is 1. The highest BCUT2D eigenvalue weighted by atomic mass is 16.3. The number of anilines is 3. The highest BCUT2D eigenvalue weighted by molar-refractivity contribution is 5.84. The summed E-state index contributed by atoms with van der Waals surface area (Å²) in [5.74, 6) is -0.513. The largest absolute Gasteiger partial charge is 0.390 e. The molecule has 2 heterocycles. The van der Waals surface area contributed by atoms with Gasteiger partial charge < -0.3 is 31.1 Å². The number of nitrogen functional groups attached to an aromatic ring is 1. The van der Waals surface area contributed by atoms with E-state index < -0.39 is 24.2 Å². The standard InChI is InChI=1S/C20H25N7O3/c1-3-22-19(30)12-8-13(16(29)15(12)28)27-9-23-14-17(21)25-20(26-18(14)27)24-11-6-4-5-10(2)7-11/h4-7,9,12-13,15-16,28-29H,3,8H2,1-2H3,(H,22,30)(H3,21,24,25,26)/t12-,13+,15+,16-/m0/s1. The molecular formula is C20H25N7O3. The molecule has 3 aromatic rings. The van der Waals surface area contributed by atoms with Crippen LogP contribution in [0.1, 0.15) is 24.9 Å². The van der Waals surface area contributed by atoms with Crippen LogP contribution in [0.3, 0.4) is 0 Å². The Bertz CT molecular complexity index is 1080. The van der Waals surface area contributed by atoms with Gasteiger partial charge in [-0.05, 0) is 38.0 Å². The van der Waals surface area contributed by atoms with Gasteiger partial charge in [-0.1, -0.05) is 12.1 Å². The molecule has 10 nitrogen and oxygen atoms in total. The van der Waals surface area contributed by atoms with Crippen molar-refractivity contribution in [3.8, 4) is 0 Å². The topological polar surface area (TPSA) is 151 Å². The summed E-state index contributed by atoms with van der Waals surface area (Å²) in [6.07, 6.45) is -0.556. The molecule has 0 unspecified atom stereocenters. The number of hydrogen-bond donors (Lipinski definition) is 5. The van der Waals surface area contributed by atoms with Gasteiger partial charge in [-0.3, -0.25) is 4.79 Å². The molecule has 10 heteroatoms. The first-order valence-electron chi connectivity index (χ1n) is 9.86. The third-order valence-corrected chi connectivity index (χ3v) is 5.42. The molecule has 4 atom stereocenters.